The second-order valence-corrected chi connectivity index (χ2v) is 5.94. The molecular formula is C16H15ClS. The molecular weight excluding hydrogens is 260 g/mol. The van der Waals surface area contributed by atoms with Crippen molar-refractivity contribution in [2.24, 2.45) is 0 Å². The second kappa shape index (κ2) is 4.99. The van der Waals surface area contributed by atoms with Gasteiger partial charge in [0.15, 0.2) is 0 Å². The molecule has 0 spiro atoms. The van der Waals surface area contributed by atoms with Crippen LogP contribution in [0, 0.1) is 0 Å². The minimum Gasteiger partial charge on any atom is -0.130 e. The lowest BCUT2D eigenvalue weighted by molar-refractivity contribution is 0.963. The fraction of sp³-hybridized carbons (Fsp3) is 0.250. The number of halogens is 1. The maximum atomic E-state index is 6.70. The quantitative estimate of drug-likeness (QED) is 0.530. The van der Waals surface area contributed by atoms with Gasteiger partial charge in [0.1, 0.15) is 0 Å². The summed E-state index contributed by atoms with van der Waals surface area (Å²) in [6.07, 6.45) is 4.28. The van der Waals surface area contributed by atoms with Crippen LogP contribution in [0.1, 0.15) is 27.6 Å². The van der Waals surface area contributed by atoms with E-state index in [0.717, 1.165) is 12.8 Å². The van der Waals surface area contributed by atoms with Crippen LogP contribution in [0.2, 0.25) is 0 Å². The molecule has 0 saturated heterocycles. The lowest BCUT2D eigenvalue weighted by Crippen LogP contribution is -1.96. The Bertz CT molecular complexity index is 577. The molecule has 0 saturated carbocycles. The van der Waals surface area contributed by atoms with Gasteiger partial charge in [0.05, 0.1) is 5.38 Å². The first kappa shape index (κ1) is 12.1. The third kappa shape index (κ3) is 2.06. The van der Waals surface area contributed by atoms with Crippen molar-refractivity contribution in [2.45, 2.75) is 23.1 Å². The molecule has 3 rings (SSSR count). The van der Waals surface area contributed by atoms with Crippen molar-refractivity contribution < 1.29 is 0 Å². The molecule has 2 aromatic carbocycles. The normalized spacial score (nSPS) is 17.8. The fourth-order valence-electron chi connectivity index (χ4n) is 2.61. The van der Waals surface area contributed by atoms with Crippen LogP contribution in [0.15, 0.2) is 47.4 Å². The standard InChI is InChI=1S/C16H15ClS/c1-18-13-9-8-12-7-6-11-4-2-3-5-14(11)16(17)15(12)10-13/h2-5,8-10,16H,6-7H2,1H3. The van der Waals surface area contributed by atoms with Crippen LogP contribution in [0.25, 0.3) is 0 Å². The van der Waals surface area contributed by atoms with Crippen molar-refractivity contribution in [1.29, 1.82) is 0 Å². The molecule has 1 aliphatic carbocycles. The minimum atomic E-state index is -0.00852. The second-order valence-electron chi connectivity index (χ2n) is 4.63. The molecule has 0 aliphatic heterocycles. The van der Waals surface area contributed by atoms with E-state index in [0.29, 0.717) is 0 Å². The number of hydrogen-bond donors (Lipinski definition) is 0. The topological polar surface area (TPSA) is 0 Å². The Morgan fingerprint density at radius 2 is 1.72 bits per heavy atom. The summed E-state index contributed by atoms with van der Waals surface area (Å²) in [5.41, 5.74) is 5.34. The first-order valence-electron chi connectivity index (χ1n) is 6.18. The minimum absolute atomic E-state index is 0.00852. The van der Waals surface area contributed by atoms with Crippen LogP contribution in [-0.4, -0.2) is 6.26 Å². The van der Waals surface area contributed by atoms with Crippen molar-refractivity contribution in [1.82, 2.24) is 0 Å². The summed E-state index contributed by atoms with van der Waals surface area (Å²) in [7, 11) is 0. The monoisotopic (exact) mass is 274 g/mol. The Morgan fingerprint density at radius 1 is 1.00 bits per heavy atom. The molecule has 0 heterocycles. The van der Waals surface area contributed by atoms with Crippen molar-refractivity contribution in [3.8, 4) is 0 Å². The summed E-state index contributed by atoms with van der Waals surface area (Å²) >= 11 is 8.47. The van der Waals surface area contributed by atoms with Gasteiger partial charge in [-0.15, -0.1) is 23.4 Å². The van der Waals surface area contributed by atoms with Crippen LogP contribution >= 0.6 is 23.4 Å². The molecule has 92 valence electrons. The van der Waals surface area contributed by atoms with Gasteiger partial charge in [0.2, 0.25) is 0 Å². The Kier molecular flexibility index (Phi) is 3.36. The molecule has 0 amide bonds. The van der Waals surface area contributed by atoms with Crippen LogP contribution in [0.4, 0.5) is 0 Å². The smallest absolute Gasteiger partial charge is 0.0841 e. The third-order valence-corrected chi connectivity index (χ3v) is 4.81. The number of benzene rings is 2. The molecule has 0 N–H and O–H groups in total. The van der Waals surface area contributed by atoms with E-state index in [4.69, 9.17) is 11.6 Å². The van der Waals surface area contributed by atoms with Crippen LogP contribution in [0.5, 0.6) is 0 Å². The zero-order chi connectivity index (χ0) is 12.5. The maximum Gasteiger partial charge on any atom is 0.0841 e. The predicted molar refractivity (Wildman–Crippen MR) is 79.8 cm³/mol. The number of alkyl halides is 1. The SMILES string of the molecule is CSc1ccc2c(c1)C(Cl)c1ccccc1CC2. The van der Waals surface area contributed by atoms with E-state index in [2.05, 4.69) is 48.7 Å². The van der Waals surface area contributed by atoms with Gasteiger partial charge in [0, 0.05) is 4.90 Å². The van der Waals surface area contributed by atoms with Crippen molar-refractivity contribution in [2.75, 3.05) is 6.26 Å². The Morgan fingerprint density at radius 3 is 2.50 bits per heavy atom. The highest BCUT2D eigenvalue weighted by molar-refractivity contribution is 7.98. The molecule has 1 aliphatic rings. The van der Waals surface area contributed by atoms with E-state index in [9.17, 15) is 0 Å². The molecule has 0 fully saturated rings. The summed E-state index contributed by atoms with van der Waals surface area (Å²) in [6.45, 7) is 0. The Labute approximate surface area is 117 Å². The van der Waals surface area contributed by atoms with Gasteiger partial charge >= 0.3 is 0 Å². The summed E-state index contributed by atoms with van der Waals surface area (Å²) in [6, 6.07) is 15.2. The predicted octanol–water partition coefficient (Wildman–Crippen LogP) is 4.84. The highest BCUT2D eigenvalue weighted by atomic mass is 35.5. The lowest BCUT2D eigenvalue weighted by atomic mass is 10.00. The van der Waals surface area contributed by atoms with Crippen LogP contribution in [-0.2, 0) is 12.8 Å². The number of rotatable bonds is 1. The number of fused-ring (bicyclic) bond motifs is 2. The first-order valence-corrected chi connectivity index (χ1v) is 7.84. The van der Waals surface area contributed by atoms with Gasteiger partial charge in [0.25, 0.3) is 0 Å². The largest absolute Gasteiger partial charge is 0.130 e. The van der Waals surface area contributed by atoms with Crippen molar-refractivity contribution in [3.63, 3.8) is 0 Å². The molecule has 0 radical (unpaired) electrons. The molecule has 0 bridgehead atoms. The summed E-state index contributed by atoms with van der Waals surface area (Å²) in [5.74, 6) is 0. The third-order valence-electron chi connectivity index (χ3n) is 3.62. The van der Waals surface area contributed by atoms with E-state index >= 15 is 0 Å². The Balaban J connectivity index is 2.14. The van der Waals surface area contributed by atoms with Gasteiger partial charge in [-0.25, -0.2) is 0 Å². The number of aryl methyl sites for hydroxylation is 2. The van der Waals surface area contributed by atoms with E-state index in [1.165, 1.54) is 27.1 Å². The van der Waals surface area contributed by atoms with E-state index in [-0.39, 0.29) is 5.38 Å². The maximum absolute atomic E-state index is 6.70. The van der Waals surface area contributed by atoms with Crippen LogP contribution < -0.4 is 0 Å². The average molecular weight is 275 g/mol. The zero-order valence-electron chi connectivity index (χ0n) is 10.3. The molecule has 1 atom stereocenters. The molecule has 2 heteroatoms. The summed E-state index contributed by atoms with van der Waals surface area (Å²) in [4.78, 5) is 1.29. The zero-order valence-corrected chi connectivity index (χ0v) is 11.9. The highest BCUT2D eigenvalue weighted by Crippen LogP contribution is 2.38. The summed E-state index contributed by atoms with van der Waals surface area (Å²) < 4.78 is 0. The lowest BCUT2D eigenvalue weighted by Gasteiger charge is -2.14. The van der Waals surface area contributed by atoms with Gasteiger partial charge in [-0.1, -0.05) is 30.3 Å². The molecule has 0 aromatic heterocycles. The van der Waals surface area contributed by atoms with Crippen molar-refractivity contribution in [3.05, 3.63) is 64.7 Å². The number of hydrogen-bond acceptors (Lipinski definition) is 1. The molecule has 1 unspecified atom stereocenters. The molecule has 18 heavy (non-hydrogen) atoms. The fourth-order valence-corrected chi connectivity index (χ4v) is 3.47. The van der Waals surface area contributed by atoms with E-state index < -0.39 is 0 Å². The average Bonchev–Trinajstić information content (AvgIpc) is 2.57. The number of thioether (sulfide) groups is 1. The van der Waals surface area contributed by atoms with Crippen LogP contribution in [0.3, 0.4) is 0 Å². The van der Waals surface area contributed by atoms with E-state index in [1.807, 2.05) is 0 Å². The van der Waals surface area contributed by atoms with Gasteiger partial charge in [-0.2, -0.15) is 0 Å². The van der Waals surface area contributed by atoms with E-state index in [1.54, 1.807) is 11.8 Å². The Hall–Kier alpha value is -0.920. The van der Waals surface area contributed by atoms with Gasteiger partial charge in [-0.3, -0.25) is 0 Å². The van der Waals surface area contributed by atoms with Crippen molar-refractivity contribution >= 4 is 23.4 Å². The highest BCUT2D eigenvalue weighted by Gasteiger charge is 2.21. The van der Waals surface area contributed by atoms with Gasteiger partial charge < -0.3 is 0 Å². The van der Waals surface area contributed by atoms with Gasteiger partial charge in [-0.05, 0) is 53.5 Å². The first-order chi connectivity index (χ1) is 8.79. The molecule has 0 nitrogen and oxygen atoms in total. The molecule has 2 aromatic rings. The summed E-state index contributed by atoms with van der Waals surface area (Å²) in [5, 5.41) is -0.00852.